The highest BCUT2D eigenvalue weighted by atomic mass is 16.5. The van der Waals surface area contributed by atoms with Crippen LogP contribution in [0.3, 0.4) is 0 Å². The van der Waals surface area contributed by atoms with Gasteiger partial charge in [0.05, 0.1) is 12.8 Å². The molecule has 1 heterocycles. The Hall–Kier alpha value is -2.69. The number of carbonyl (C=O) groups excluding carboxylic acids is 1. The van der Waals surface area contributed by atoms with Crippen molar-refractivity contribution in [3.63, 3.8) is 0 Å². The number of aryl methyl sites for hydroxylation is 1. The first kappa shape index (κ1) is 18.1. The van der Waals surface area contributed by atoms with Crippen LogP contribution in [0.4, 0.5) is 5.69 Å². The van der Waals surface area contributed by atoms with Gasteiger partial charge in [0.1, 0.15) is 11.5 Å². The average Bonchev–Trinajstić information content (AvgIpc) is 2.69. The molecular weight excluding hydrogens is 328 g/mol. The lowest BCUT2D eigenvalue weighted by atomic mass is 10.2. The molecule has 3 rings (SSSR count). The van der Waals surface area contributed by atoms with Gasteiger partial charge < -0.3 is 19.3 Å². The zero-order chi connectivity index (χ0) is 18.5. The Morgan fingerprint density at radius 2 is 1.65 bits per heavy atom. The lowest BCUT2D eigenvalue weighted by Crippen LogP contribution is -2.52. The van der Waals surface area contributed by atoms with Gasteiger partial charge in [-0.1, -0.05) is 29.8 Å². The van der Waals surface area contributed by atoms with Crippen molar-refractivity contribution in [2.75, 3.05) is 38.2 Å². The highest BCUT2D eigenvalue weighted by Crippen LogP contribution is 2.28. The SMILES string of the molecule is COc1ccccc1N1CCN(C(=O)[C@@H](C)Oc2ccc(C)cc2)CC1. The molecule has 26 heavy (non-hydrogen) atoms. The van der Waals surface area contributed by atoms with E-state index in [1.54, 1.807) is 7.11 Å². The van der Waals surface area contributed by atoms with E-state index >= 15 is 0 Å². The smallest absolute Gasteiger partial charge is 0.263 e. The molecule has 0 radical (unpaired) electrons. The van der Waals surface area contributed by atoms with Crippen LogP contribution in [0.2, 0.25) is 0 Å². The monoisotopic (exact) mass is 354 g/mol. The van der Waals surface area contributed by atoms with Crippen molar-refractivity contribution in [1.82, 2.24) is 4.90 Å². The zero-order valence-electron chi connectivity index (χ0n) is 15.6. The van der Waals surface area contributed by atoms with Gasteiger partial charge in [-0.05, 0) is 38.1 Å². The van der Waals surface area contributed by atoms with Crippen LogP contribution >= 0.6 is 0 Å². The van der Waals surface area contributed by atoms with Crippen molar-refractivity contribution in [2.45, 2.75) is 20.0 Å². The van der Waals surface area contributed by atoms with Crippen LogP contribution in [0, 0.1) is 6.92 Å². The third-order valence-corrected chi connectivity index (χ3v) is 4.70. The van der Waals surface area contributed by atoms with E-state index in [1.807, 2.05) is 61.2 Å². The minimum absolute atomic E-state index is 0.0326. The van der Waals surface area contributed by atoms with Crippen LogP contribution < -0.4 is 14.4 Å². The summed E-state index contributed by atoms with van der Waals surface area (Å²) < 4.78 is 11.3. The summed E-state index contributed by atoms with van der Waals surface area (Å²) in [6, 6.07) is 15.8. The topological polar surface area (TPSA) is 42.0 Å². The maximum atomic E-state index is 12.7. The Morgan fingerprint density at radius 1 is 1.00 bits per heavy atom. The summed E-state index contributed by atoms with van der Waals surface area (Å²) in [5, 5.41) is 0. The molecule has 5 nitrogen and oxygen atoms in total. The molecule has 1 fully saturated rings. The molecule has 0 saturated carbocycles. The van der Waals surface area contributed by atoms with Crippen LogP contribution in [-0.2, 0) is 4.79 Å². The number of methoxy groups -OCH3 is 1. The number of rotatable bonds is 5. The summed E-state index contributed by atoms with van der Waals surface area (Å²) in [4.78, 5) is 16.8. The summed E-state index contributed by atoms with van der Waals surface area (Å²) >= 11 is 0. The van der Waals surface area contributed by atoms with Crippen molar-refractivity contribution in [2.24, 2.45) is 0 Å². The van der Waals surface area contributed by atoms with Gasteiger partial charge in [-0.2, -0.15) is 0 Å². The Balaban J connectivity index is 1.57. The summed E-state index contributed by atoms with van der Waals surface area (Å²) in [7, 11) is 1.68. The largest absolute Gasteiger partial charge is 0.495 e. The van der Waals surface area contributed by atoms with Gasteiger partial charge in [-0.25, -0.2) is 0 Å². The third kappa shape index (κ3) is 4.10. The summed E-state index contributed by atoms with van der Waals surface area (Å²) in [5.74, 6) is 1.62. The van der Waals surface area contributed by atoms with Crippen molar-refractivity contribution in [1.29, 1.82) is 0 Å². The molecule has 0 spiro atoms. The molecular formula is C21H26N2O3. The summed E-state index contributed by atoms with van der Waals surface area (Å²) in [6.45, 7) is 6.76. The van der Waals surface area contributed by atoms with Crippen LogP contribution in [0.1, 0.15) is 12.5 Å². The molecule has 1 atom stereocenters. The van der Waals surface area contributed by atoms with E-state index in [-0.39, 0.29) is 5.91 Å². The molecule has 5 heteroatoms. The number of ether oxygens (including phenoxy) is 2. The quantitative estimate of drug-likeness (QED) is 0.827. The Labute approximate surface area is 155 Å². The molecule has 0 aromatic heterocycles. The lowest BCUT2D eigenvalue weighted by molar-refractivity contribution is -0.138. The fourth-order valence-electron chi connectivity index (χ4n) is 3.19. The second-order valence-corrected chi connectivity index (χ2v) is 6.56. The molecule has 1 amide bonds. The Bertz CT molecular complexity index is 737. The van der Waals surface area contributed by atoms with Gasteiger partial charge in [0, 0.05) is 26.2 Å². The first-order valence-corrected chi connectivity index (χ1v) is 8.98. The maximum absolute atomic E-state index is 12.7. The van der Waals surface area contributed by atoms with Crippen LogP contribution in [0.15, 0.2) is 48.5 Å². The van der Waals surface area contributed by atoms with Crippen molar-refractivity contribution in [3.05, 3.63) is 54.1 Å². The number of benzene rings is 2. The summed E-state index contributed by atoms with van der Waals surface area (Å²) in [6.07, 6.45) is -0.490. The maximum Gasteiger partial charge on any atom is 0.263 e. The second kappa shape index (κ2) is 8.13. The molecule has 1 aliphatic heterocycles. The van der Waals surface area contributed by atoms with E-state index < -0.39 is 6.10 Å². The van der Waals surface area contributed by atoms with E-state index in [0.29, 0.717) is 13.1 Å². The normalized spacial score (nSPS) is 15.5. The number of hydrogen-bond acceptors (Lipinski definition) is 4. The number of carbonyl (C=O) groups is 1. The first-order valence-electron chi connectivity index (χ1n) is 8.98. The van der Waals surface area contributed by atoms with Crippen LogP contribution in [0.5, 0.6) is 11.5 Å². The van der Waals surface area contributed by atoms with Crippen molar-refractivity contribution in [3.8, 4) is 11.5 Å². The van der Waals surface area contributed by atoms with E-state index in [2.05, 4.69) is 11.0 Å². The third-order valence-electron chi connectivity index (χ3n) is 4.70. The number of piperazine rings is 1. The molecule has 1 aliphatic rings. The lowest BCUT2D eigenvalue weighted by Gasteiger charge is -2.37. The fraction of sp³-hybridized carbons (Fsp3) is 0.381. The van der Waals surface area contributed by atoms with Crippen LogP contribution in [-0.4, -0.2) is 50.2 Å². The molecule has 0 N–H and O–H groups in total. The molecule has 0 bridgehead atoms. The van der Waals surface area contributed by atoms with Crippen molar-refractivity contribution < 1.29 is 14.3 Å². The molecule has 138 valence electrons. The predicted octanol–water partition coefficient (Wildman–Crippen LogP) is 3.12. The Kier molecular flexibility index (Phi) is 5.66. The Morgan fingerprint density at radius 3 is 2.31 bits per heavy atom. The van der Waals surface area contributed by atoms with E-state index in [9.17, 15) is 4.79 Å². The number of hydrogen-bond donors (Lipinski definition) is 0. The molecule has 1 saturated heterocycles. The standard InChI is InChI=1S/C21H26N2O3/c1-16-8-10-18(11-9-16)26-17(2)21(24)23-14-12-22(13-15-23)19-6-4-5-7-20(19)25-3/h4-11,17H,12-15H2,1-3H3/t17-/m1/s1. The fourth-order valence-corrected chi connectivity index (χ4v) is 3.19. The number of nitrogens with zero attached hydrogens (tertiary/aromatic N) is 2. The minimum Gasteiger partial charge on any atom is -0.495 e. The predicted molar refractivity (Wildman–Crippen MR) is 103 cm³/mol. The van der Waals surface area contributed by atoms with E-state index in [1.165, 1.54) is 5.56 Å². The van der Waals surface area contributed by atoms with E-state index in [0.717, 1.165) is 30.3 Å². The zero-order valence-corrected chi connectivity index (χ0v) is 15.6. The number of anilines is 1. The van der Waals surface area contributed by atoms with E-state index in [4.69, 9.17) is 9.47 Å². The van der Waals surface area contributed by atoms with Gasteiger partial charge in [-0.15, -0.1) is 0 Å². The van der Waals surface area contributed by atoms with Crippen LogP contribution in [0.25, 0.3) is 0 Å². The van der Waals surface area contributed by atoms with Gasteiger partial charge in [0.15, 0.2) is 6.10 Å². The highest BCUT2D eigenvalue weighted by molar-refractivity contribution is 5.81. The average molecular weight is 354 g/mol. The summed E-state index contributed by atoms with van der Waals surface area (Å²) in [5.41, 5.74) is 2.25. The van der Waals surface area contributed by atoms with Crippen molar-refractivity contribution >= 4 is 11.6 Å². The molecule has 2 aromatic carbocycles. The minimum atomic E-state index is -0.490. The molecule has 0 unspecified atom stereocenters. The molecule has 0 aliphatic carbocycles. The molecule has 2 aromatic rings. The number of amides is 1. The van der Waals surface area contributed by atoms with Gasteiger partial charge in [-0.3, -0.25) is 4.79 Å². The first-order chi connectivity index (χ1) is 12.6. The van der Waals surface area contributed by atoms with Gasteiger partial charge >= 0.3 is 0 Å². The van der Waals surface area contributed by atoms with Gasteiger partial charge in [0.25, 0.3) is 5.91 Å². The second-order valence-electron chi connectivity index (χ2n) is 6.56. The van der Waals surface area contributed by atoms with Gasteiger partial charge in [0.2, 0.25) is 0 Å². The highest BCUT2D eigenvalue weighted by Gasteiger charge is 2.27. The number of para-hydroxylation sites is 2.